The largest absolute Gasteiger partial charge is 0.446 e. The number of nitrogen functional groups attached to an aromatic ring is 2. The molecule has 0 spiro atoms. The van der Waals surface area contributed by atoms with E-state index in [0.29, 0.717) is 79.7 Å². The maximum Gasteiger partial charge on any atom is 0.356 e. The van der Waals surface area contributed by atoms with Gasteiger partial charge in [-0.05, 0) is 19.6 Å². The minimum atomic E-state index is 0.0135. The van der Waals surface area contributed by atoms with Gasteiger partial charge in [0.2, 0.25) is 11.6 Å². The predicted molar refractivity (Wildman–Crippen MR) is 162 cm³/mol. The van der Waals surface area contributed by atoms with E-state index in [4.69, 9.17) is 39.1 Å². The zero-order valence-electron chi connectivity index (χ0n) is 25.2. The SMILES string of the molecule is NCCc1nnc(CCN)nn1.NCCc1nnc(OCN)nn1.Nc1nnc(N)nn1.c1c[nH]c(-c2nnc(-c3ncc[nH]3)nn2)n1. The summed E-state index contributed by atoms with van der Waals surface area (Å²) in [4.78, 5) is 13.7. The average molecular weight is 665 g/mol. The molecule has 0 unspecified atom stereocenters. The Morgan fingerprint density at radius 3 is 1.12 bits per heavy atom. The standard InChI is InChI=1S/C8H6N8.C6H12N6.C5H10N6O.C2H4N6/c1-2-10-5(9-1)7-13-15-8(16-14-7)6-11-3-4-12-6;7-3-1-5-9-11-6(2-4-8)12-10-5;6-2-1-4-8-10-5(11-9-4)12-3-7;3-1-5-7-2(4)8-6-1/h1-4H,(H,9,10)(H,11,12);1-4,7-8H2;1-3,6-7H2;(H2,3,5,6)(H2,4,7,8). The zero-order chi connectivity index (χ0) is 34.4. The van der Waals surface area contributed by atoms with Crippen LogP contribution in [0, 0.1) is 0 Å². The van der Waals surface area contributed by atoms with Crippen molar-refractivity contribution in [2.45, 2.75) is 19.3 Å². The molecule has 14 N–H and O–H groups in total. The van der Waals surface area contributed by atoms with Crippen molar-refractivity contribution in [3.8, 4) is 29.3 Å². The maximum absolute atomic E-state index is 5.30. The summed E-state index contributed by atoms with van der Waals surface area (Å²) in [6, 6.07) is 0.0817. The number of hydrogen-bond donors (Lipinski definition) is 8. The van der Waals surface area contributed by atoms with Crippen LogP contribution < -0.4 is 39.1 Å². The molecule has 0 bridgehead atoms. The molecule has 0 aliphatic heterocycles. The molecule has 27 nitrogen and oxygen atoms in total. The Bertz CT molecular complexity index is 1470. The highest BCUT2D eigenvalue weighted by atomic mass is 16.5. The predicted octanol–water partition coefficient (Wildman–Crippen LogP) is -5.19. The molecule has 0 aromatic carbocycles. The Labute approximate surface area is 270 Å². The first kappa shape index (κ1) is 35.9. The van der Waals surface area contributed by atoms with Gasteiger partial charge in [-0.2, -0.15) is 0 Å². The quantitative estimate of drug-likeness (QED) is 0.0634. The van der Waals surface area contributed by atoms with Gasteiger partial charge in [-0.15, -0.1) is 71.4 Å². The van der Waals surface area contributed by atoms with E-state index in [0.717, 1.165) is 0 Å². The van der Waals surface area contributed by atoms with E-state index in [1.807, 2.05) is 0 Å². The van der Waals surface area contributed by atoms with Crippen molar-refractivity contribution >= 4 is 11.9 Å². The lowest BCUT2D eigenvalue weighted by Crippen LogP contribution is -2.13. The third-order valence-corrected chi connectivity index (χ3v) is 4.79. The number of nitrogens with zero attached hydrogens (tertiary/aromatic N) is 18. The highest BCUT2D eigenvalue weighted by molar-refractivity contribution is 5.44. The van der Waals surface area contributed by atoms with Crippen LogP contribution in [0.3, 0.4) is 0 Å². The fourth-order valence-corrected chi connectivity index (χ4v) is 2.77. The van der Waals surface area contributed by atoms with Gasteiger partial charge in [0.1, 0.15) is 6.73 Å². The van der Waals surface area contributed by atoms with Gasteiger partial charge in [0, 0.05) is 44.0 Å². The van der Waals surface area contributed by atoms with Crippen LogP contribution >= 0.6 is 0 Å². The number of anilines is 2. The summed E-state index contributed by atoms with van der Waals surface area (Å²) in [6.45, 7) is 1.51. The minimum Gasteiger partial charge on any atom is -0.446 e. The van der Waals surface area contributed by atoms with E-state index in [-0.39, 0.29) is 24.6 Å². The summed E-state index contributed by atoms with van der Waals surface area (Å²) in [6.07, 6.45) is 8.37. The molecule has 0 atom stereocenters. The van der Waals surface area contributed by atoms with Crippen LogP contribution in [0.1, 0.15) is 17.5 Å². The van der Waals surface area contributed by atoms with Crippen molar-refractivity contribution in [3.05, 3.63) is 42.3 Å². The molecule has 6 heterocycles. The number of ether oxygens (including phenoxy) is 1. The Hall–Kier alpha value is -6.58. The molecule has 0 saturated carbocycles. The number of hydrogen-bond acceptors (Lipinski definition) is 25. The average Bonchev–Trinajstić information content (AvgIpc) is 3.86. The second-order valence-electron chi connectivity index (χ2n) is 8.30. The van der Waals surface area contributed by atoms with Crippen LogP contribution in [0.15, 0.2) is 24.8 Å². The third-order valence-electron chi connectivity index (χ3n) is 4.79. The second-order valence-corrected chi connectivity index (χ2v) is 8.30. The van der Waals surface area contributed by atoms with E-state index in [1.54, 1.807) is 24.8 Å². The molecule has 0 aliphatic rings. The molecule has 0 amide bonds. The number of nitrogens with two attached hydrogens (primary N) is 6. The van der Waals surface area contributed by atoms with E-state index >= 15 is 0 Å². The van der Waals surface area contributed by atoms with Gasteiger partial charge in [-0.3, -0.25) is 5.73 Å². The van der Waals surface area contributed by atoms with Crippen LogP contribution in [-0.4, -0.2) is 128 Å². The van der Waals surface area contributed by atoms with Gasteiger partial charge >= 0.3 is 6.01 Å². The molecule has 48 heavy (non-hydrogen) atoms. The molecule has 6 aromatic heterocycles. The fourth-order valence-electron chi connectivity index (χ4n) is 2.77. The summed E-state index contributed by atoms with van der Waals surface area (Å²) in [5.74, 6) is 3.48. The van der Waals surface area contributed by atoms with E-state index in [2.05, 4.69) is 102 Å². The number of nitrogens with one attached hydrogen (secondary N) is 2. The van der Waals surface area contributed by atoms with Gasteiger partial charge in [0.05, 0.1) is 0 Å². The number of aromatic nitrogens is 20. The smallest absolute Gasteiger partial charge is 0.356 e. The lowest BCUT2D eigenvalue weighted by Gasteiger charge is -1.98. The van der Waals surface area contributed by atoms with Gasteiger partial charge < -0.3 is 43.4 Å². The molecule has 0 saturated heterocycles. The van der Waals surface area contributed by atoms with Gasteiger partial charge in [-0.25, -0.2) is 9.97 Å². The van der Waals surface area contributed by atoms with E-state index < -0.39 is 0 Å². The summed E-state index contributed by atoms with van der Waals surface area (Å²) in [5.41, 5.74) is 31.0. The summed E-state index contributed by atoms with van der Waals surface area (Å²) in [5, 5.41) is 58.8. The Balaban J connectivity index is 0.000000179. The molecule has 0 radical (unpaired) electrons. The molecule has 252 valence electrons. The summed E-state index contributed by atoms with van der Waals surface area (Å²) < 4.78 is 4.74. The van der Waals surface area contributed by atoms with Crippen molar-refractivity contribution in [2.24, 2.45) is 22.9 Å². The van der Waals surface area contributed by atoms with Crippen molar-refractivity contribution < 1.29 is 4.74 Å². The Kier molecular flexibility index (Phi) is 15.3. The van der Waals surface area contributed by atoms with E-state index in [9.17, 15) is 0 Å². The molecular formula is C21H32N26O. The molecule has 6 rings (SSSR count). The van der Waals surface area contributed by atoms with Crippen molar-refractivity contribution in [1.82, 2.24) is 102 Å². The summed E-state index contributed by atoms with van der Waals surface area (Å²) >= 11 is 0. The van der Waals surface area contributed by atoms with Gasteiger partial charge in [0.25, 0.3) is 11.9 Å². The molecule has 0 aliphatic carbocycles. The van der Waals surface area contributed by atoms with Gasteiger partial charge in [-0.1, -0.05) is 10.2 Å². The van der Waals surface area contributed by atoms with Crippen molar-refractivity contribution in [1.29, 1.82) is 0 Å². The molecule has 6 aromatic rings. The van der Waals surface area contributed by atoms with Crippen LogP contribution in [0.5, 0.6) is 6.01 Å². The lowest BCUT2D eigenvalue weighted by atomic mass is 10.4. The maximum atomic E-state index is 5.30. The summed E-state index contributed by atoms with van der Waals surface area (Å²) in [7, 11) is 0. The normalized spacial score (nSPS) is 10.0. The van der Waals surface area contributed by atoms with Crippen molar-refractivity contribution in [3.63, 3.8) is 0 Å². The van der Waals surface area contributed by atoms with Crippen LogP contribution in [0.4, 0.5) is 11.9 Å². The topological polar surface area (TPSA) is 429 Å². The monoisotopic (exact) mass is 664 g/mol. The first-order chi connectivity index (χ1) is 23.4. The third kappa shape index (κ3) is 12.8. The molecule has 0 fully saturated rings. The Morgan fingerprint density at radius 2 is 0.833 bits per heavy atom. The Morgan fingerprint density at radius 1 is 0.479 bits per heavy atom. The first-order valence-electron chi connectivity index (χ1n) is 13.6. The van der Waals surface area contributed by atoms with E-state index in [1.165, 1.54) is 0 Å². The number of imidazole rings is 2. The highest BCUT2D eigenvalue weighted by Gasteiger charge is 2.08. The van der Waals surface area contributed by atoms with Crippen LogP contribution in [0.25, 0.3) is 23.3 Å². The zero-order valence-corrected chi connectivity index (χ0v) is 25.2. The van der Waals surface area contributed by atoms with Crippen molar-refractivity contribution in [2.75, 3.05) is 37.8 Å². The number of H-pyrrole nitrogens is 2. The van der Waals surface area contributed by atoms with Crippen LogP contribution in [0.2, 0.25) is 0 Å². The van der Waals surface area contributed by atoms with Gasteiger partial charge in [0.15, 0.2) is 29.1 Å². The fraction of sp³-hybridized carbons (Fsp3) is 0.333. The molecular weight excluding hydrogens is 632 g/mol. The first-order valence-corrected chi connectivity index (χ1v) is 13.6. The minimum absolute atomic E-state index is 0.0135. The number of aromatic amines is 2. The van der Waals surface area contributed by atoms with Crippen LogP contribution in [-0.2, 0) is 19.3 Å². The highest BCUT2D eigenvalue weighted by Crippen LogP contribution is 2.08. The number of rotatable bonds is 10. The second kappa shape index (κ2) is 20.5. The lowest BCUT2D eigenvalue weighted by molar-refractivity contribution is 0.292. The molecule has 27 heteroatoms.